The van der Waals surface area contributed by atoms with E-state index >= 15 is 0 Å². The second-order valence-corrected chi connectivity index (χ2v) is 9.56. The molecule has 0 bridgehead atoms. The first-order valence-corrected chi connectivity index (χ1v) is 12.8. The normalized spacial score (nSPS) is 15.1. The van der Waals surface area contributed by atoms with Crippen LogP contribution in [0.1, 0.15) is 31.2 Å². The van der Waals surface area contributed by atoms with Crippen LogP contribution in [0.2, 0.25) is 0 Å². The Balaban J connectivity index is 1.64. The minimum atomic E-state index is -0.810. The highest BCUT2D eigenvalue weighted by atomic mass is 32.1. The van der Waals surface area contributed by atoms with Gasteiger partial charge in [-0.25, -0.2) is 9.79 Å². The molecule has 10 nitrogen and oxygen atoms in total. The lowest BCUT2D eigenvalue weighted by molar-refractivity contribution is -0.384. The summed E-state index contributed by atoms with van der Waals surface area (Å²) in [6, 6.07) is 15.8. The topological polar surface area (TPSA) is 126 Å². The zero-order chi connectivity index (χ0) is 27.7. The molecule has 0 radical (unpaired) electrons. The van der Waals surface area contributed by atoms with Gasteiger partial charge in [-0.3, -0.25) is 19.5 Å². The van der Waals surface area contributed by atoms with Crippen molar-refractivity contribution in [3.05, 3.63) is 113 Å². The highest BCUT2D eigenvalue weighted by Crippen LogP contribution is 2.35. The maximum absolute atomic E-state index is 13.8. The van der Waals surface area contributed by atoms with Crippen molar-refractivity contribution in [2.75, 3.05) is 13.7 Å². The lowest BCUT2D eigenvalue weighted by Gasteiger charge is -2.25. The third-order valence-corrected chi connectivity index (χ3v) is 7.18. The molecule has 0 saturated carbocycles. The van der Waals surface area contributed by atoms with Crippen molar-refractivity contribution in [3.8, 4) is 17.1 Å². The van der Waals surface area contributed by atoms with Crippen LogP contribution in [0.15, 0.2) is 86.1 Å². The molecule has 0 amide bonds. The molecular formula is C28H23N3O7S. The van der Waals surface area contributed by atoms with Crippen LogP contribution >= 0.6 is 11.3 Å². The number of hydrogen-bond donors (Lipinski definition) is 0. The lowest BCUT2D eigenvalue weighted by Crippen LogP contribution is -2.40. The number of hydrogen-bond acceptors (Lipinski definition) is 9. The number of benzene rings is 2. The highest BCUT2D eigenvalue weighted by Gasteiger charge is 2.35. The highest BCUT2D eigenvalue weighted by molar-refractivity contribution is 7.07. The fraction of sp³-hybridized carbons (Fsp3) is 0.179. The molecule has 1 aliphatic heterocycles. The first-order valence-electron chi connectivity index (χ1n) is 12.0. The van der Waals surface area contributed by atoms with Gasteiger partial charge in [0.2, 0.25) is 0 Å². The number of ether oxygens (including phenoxy) is 2. The van der Waals surface area contributed by atoms with E-state index in [9.17, 15) is 19.7 Å². The van der Waals surface area contributed by atoms with Crippen molar-refractivity contribution in [2.24, 2.45) is 4.99 Å². The molecule has 0 spiro atoms. The number of allylic oxidation sites excluding steroid dienone is 1. The fourth-order valence-corrected chi connectivity index (χ4v) is 5.49. The van der Waals surface area contributed by atoms with Gasteiger partial charge in [0.25, 0.3) is 11.2 Å². The summed E-state index contributed by atoms with van der Waals surface area (Å²) >= 11 is 1.16. The van der Waals surface area contributed by atoms with E-state index in [2.05, 4.69) is 4.99 Å². The maximum atomic E-state index is 13.8. The maximum Gasteiger partial charge on any atom is 0.338 e. The minimum absolute atomic E-state index is 0.0529. The van der Waals surface area contributed by atoms with Crippen LogP contribution in [0, 0.1) is 10.1 Å². The smallest absolute Gasteiger partial charge is 0.338 e. The standard InChI is InChI=1S/C28H23N3O7S/c1-4-37-27(33)24-16(2)29-28-30(25(24)20-10-5-6-11-22(20)36-3)26(32)23(39-28)15-19-12-13-21(38-19)17-8-7-9-18(14-17)31(34)35/h5-15,25H,4H2,1-3H3/b23-15-/t25-/m1/s1. The molecule has 0 saturated heterocycles. The lowest BCUT2D eigenvalue weighted by atomic mass is 9.95. The molecule has 5 rings (SSSR count). The quantitative estimate of drug-likeness (QED) is 0.195. The van der Waals surface area contributed by atoms with Crippen LogP contribution in [-0.2, 0) is 9.53 Å². The van der Waals surface area contributed by atoms with Crippen molar-refractivity contribution < 1.29 is 23.6 Å². The summed E-state index contributed by atoms with van der Waals surface area (Å²) < 4.78 is 18.6. The average Bonchev–Trinajstić information content (AvgIpc) is 3.52. The predicted octanol–water partition coefficient (Wildman–Crippen LogP) is 3.98. The van der Waals surface area contributed by atoms with E-state index in [1.807, 2.05) is 12.1 Å². The van der Waals surface area contributed by atoms with Crippen LogP contribution in [0.25, 0.3) is 17.4 Å². The zero-order valence-corrected chi connectivity index (χ0v) is 22.1. The molecule has 1 atom stereocenters. The van der Waals surface area contributed by atoms with Crippen LogP contribution in [0.5, 0.6) is 5.75 Å². The number of thiazole rings is 1. The number of nitrogens with zero attached hydrogens (tertiary/aromatic N) is 3. The number of nitro groups is 1. The van der Waals surface area contributed by atoms with Gasteiger partial charge in [0, 0.05) is 29.3 Å². The average molecular weight is 546 g/mol. The summed E-state index contributed by atoms with van der Waals surface area (Å²) in [5.41, 5.74) is 1.45. The Morgan fingerprint density at radius 2 is 2.00 bits per heavy atom. The molecule has 0 fully saturated rings. The van der Waals surface area contributed by atoms with Gasteiger partial charge in [0.15, 0.2) is 4.80 Å². The van der Waals surface area contributed by atoms with Gasteiger partial charge in [-0.05, 0) is 32.0 Å². The number of para-hydroxylation sites is 1. The van der Waals surface area contributed by atoms with E-state index in [1.165, 1.54) is 23.8 Å². The van der Waals surface area contributed by atoms with Gasteiger partial charge in [-0.1, -0.05) is 41.7 Å². The number of furan rings is 1. The van der Waals surface area contributed by atoms with E-state index < -0.39 is 16.9 Å². The van der Waals surface area contributed by atoms with Crippen molar-refractivity contribution in [1.29, 1.82) is 0 Å². The van der Waals surface area contributed by atoms with Crippen molar-refractivity contribution in [3.63, 3.8) is 0 Å². The van der Waals surface area contributed by atoms with Crippen LogP contribution in [0.4, 0.5) is 5.69 Å². The fourth-order valence-electron chi connectivity index (χ4n) is 4.47. The Kier molecular flexibility index (Phi) is 6.99. The third kappa shape index (κ3) is 4.79. The third-order valence-electron chi connectivity index (χ3n) is 6.19. The summed E-state index contributed by atoms with van der Waals surface area (Å²) in [4.78, 5) is 42.5. The van der Waals surface area contributed by atoms with Gasteiger partial charge in [0.1, 0.15) is 23.3 Å². The molecule has 11 heteroatoms. The van der Waals surface area contributed by atoms with Gasteiger partial charge in [-0.2, -0.15) is 0 Å². The number of aromatic nitrogens is 1. The number of methoxy groups -OCH3 is 1. The molecule has 1 aliphatic rings. The number of rotatable bonds is 7. The number of fused-ring (bicyclic) bond motifs is 1. The molecule has 2 aromatic heterocycles. The number of carbonyl (C=O) groups excluding carboxylic acids is 1. The van der Waals surface area contributed by atoms with Crippen LogP contribution in [-0.4, -0.2) is 29.2 Å². The van der Waals surface area contributed by atoms with Gasteiger partial charge >= 0.3 is 5.97 Å². The molecule has 0 unspecified atom stereocenters. The monoisotopic (exact) mass is 545 g/mol. The number of esters is 1. The summed E-state index contributed by atoms with van der Waals surface area (Å²) in [6.45, 7) is 3.60. The summed E-state index contributed by atoms with van der Waals surface area (Å²) in [5, 5.41) is 11.1. The minimum Gasteiger partial charge on any atom is -0.496 e. The second kappa shape index (κ2) is 10.5. The van der Waals surface area contributed by atoms with Crippen molar-refractivity contribution in [1.82, 2.24) is 4.57 Å². The Hall–Kier alpha value is -4.77. The summed E-state index contributed by atoms with van der Waals surface area (Å²) in [5.74, 6) is 0.764. The molecule has 4 aromatic rings. The summed E-state index contributed by atoms with van der Waals surface area (Å²) in [7, 11) is 1.53. The Bertz CT molecular complexity index is 1810. The van der Waals surface area contributed by atoms with Crippen molar-refractivity contribution in [2.45, 2.75) is 19.9 Å². The Morgan fingerprint density at radius 1 is 1.21 bits per heavy atom. The summed E-state index contributed by atoms with van der Waals surface area (Å²) in [6.07, 6.45) is 1.59. The first-order chi connectivity index (χ1) is 18.8. The number of non-ortho nitro benzene ring substituents is 1. The second-order valence-electron chi connectivity index (χ2n) is 8.55. The van der Waals surface area contributed by atoms with Crippen LogP contribution < -0.4 is 19.6 Å². The Morgan fingerprint density at radius 3 is 2.74 bits per heavy atom. The SMILES string of the molecule is CCOC(=O)C1=C(C)N=c2s/c(=C\c3ccc(-c4cccc([N+](=O)[O-])c4)o3)c(=O)n2[C@@H]1c1ccccc1OC. The van der Waals surface area contributed by atoms with E-state index in [0.717, 1.165) is 11.3 Å². The molecule has 0 aliphatic carbocycles. The molecule has 3 heterocycles. The van der Waals surface area contributed by atoms with E-state index in [-0.39, 0.29) is 23.4 Å². The van der Waals surface area contributed by atoms with Gasteiger partial charge < -0.3 is 13.9 Å². The van der Waals surface area contributed by atoms with E-state index in [0.29, 0.717) is 43.4 Å². The zero-order valence-electron chi connectivity index (χ0n) is 21.2. The first kappa shape index (κ1) is 25.9. The van der Waals surface area contributed by atoms with Gasteiger partial charge in [0.05, 0.1) is 34.4 Å². The largest absolute Gasteiger partial charge is 0.496 e. The Labute approximate surface area is 225 Å². The number of carbonyl (C=O) groups is 1. The molecule has 198 valence electrons. The molecule has 2 aromatic carbocycles. The molecular weight excluding hydrogens is 522 g/mol. The number of nitro benzene ring substituents is 1. The van der Waals surface area contributed by atoms with Gasteiger partial charge in [-0.15, -0.1) is 0 Å². The molecule has 0 N–H and O–H groups in total. The van der Waals surface area contributed by atoms with Crippen LogP contribution in [0.3, 0.4) is 0 Å². The predicted molar refractivity (Wildman–Crippen MR) is 144 cm³/mol. The van der Waals surface area contributed by atoms with E-state index in [1.54, 1.807) is 56.3 Å². The molecule has 39 heavy (non-hydrogen) atoms. The van der Waals surface area contributed by atoms with E-state index in [4.69, 9.17) is 13.9 Å². The van der Waals surface area contributed by atoms with Crippen molar-refractivity contribution >= 4 is 29.1 Å².